The van der Waals surface area contributed by atoms with Gasteiger partial charge in [-0.15, -0.1) is 0 Å². The van der Waals surface area contributed by atoms with E-state index in [1.165, 1.54) is 11.1 Å². The van der Waals surface area contributed by atoms with E-state index in [1.807, 2.05) is 6.92 Å². The average molecular weight is 218 g/mol. The van der Waals surface area contributed by atoms with E-state index in [2.05, 4.69) is 35.8 Å². The van der Waals surface area contributed by atoms with E-state index < -0.39 is 0 Å². The molecule has 0 radical (unpaired) electrons. The smallest absolute Gasteiger partial charge is 0.224 e. The highest BCUT2D eigenvalue weighted by atomic mass is 16.1. The first-order valence-corrected chi connectivity index (χ1v) is 5.71. The van der Waals surface area contributed by atoms with E-state index in [4.69, 9.17) is 0 Å². The van der Waals surface area contributed by atoms with Crippen molar-refractivity contribution in [1.29, 1.82) is 0 Å². The van der Waals surface area contributed by atoms with E-state index in [-0.39, 0.29) is 5.91 Å². The quantitative estimate of drug-likeness (QED) is 0.792. The van der Waals surface area contributed by atoms with Gasteiger partial charge in [0.15, 0.2) is 0 Å². The Morgan fingerprint density at radius 2 is 2.19 bits per heavy atom. The molecule has 1 saturated heterocycles. The lowest BCUT2D eigenvalue weighted by Gasteiger charge is -2.28. The Labute approximate surface area is 96.2 Å². The maximum absolute atomic E-state index is 11.7. The van der Waals surface area contributed by atoms with Gasteiger partial charge in [0.25, 0.3) is 0 Å². The van der Waals surface area contributed by atoms with Crippen LogP contribution in [0.5, 0.6) is 0 Å². The number of hydrogen-bond acceptors (Lipinski definition) is 2. The fourth-order valence-corrected chi connectivity index (χ4v) is 1.83. The predicted octanol–water partition coefficient (Wildman–Crippen LogP) is 0.934. The number of carbonyl (C=O) groups excluding carboxylic acids is 1. The van der Waals surface area contributed by atoms with Crippen molar-refractivity contribution in [2.45, 2.75) is 26.3 Å². The minimum atomic E-state index is 0.125. The van der Waals surface area contributed by atoms with Crippen LogP contribution >= 0.6 is 0 Å². The number of benzene rings is 1. The van der Waals surface area contributed by atoms with Gasteiger partial charge in [-0.05, 0) is 25.0 Å². The molecule has 86 valence electrons. The summed E-state index contributed by atoms with van der Waals surface area (Å²) in [5, 5.41) is 6.15. The van der Waals surface area contributed by atoms with E-state index in [1.54, 1.807) is 0 Å². The topological polar surface area (TPSA) is 41.1 Å². The predicted molar refractivity (Wildman–Crippen MR) is 64.4 cm³/mol. The molecule has 1 aromatic rings. The molecular formula is C13H18N2O. The minimum Gasteiger partial charge on any atom is -0.351 e. The molecule has 1 fully saturated rings. The average Bonchev–Trinajstić information content (AvgIpc) is 2.18. The molecular weight excluding hydrogens is 200 g/mol. The molecule has 1 aliphatic heterocycles. The maximum atomic E-state index is 11.7. The summed E-state index contributed by atoms with van der Waals surface area (Å²) in [5.41, 5.74) is 3.52. The third kappa shape index (κ3) is 2.61. The normalized spacial score (nSPS) is 15.6. The van der Waals surface area contributed by atoms with Crippen LogP contribution in [-0.2, 0) is 11.2 Å². The fourth-order valence-electron chi connectivity index (χ4n) is 1.83. The Bertz CT molecular complexity index is 397. The second kappa shape index (κ2) is 4.66. The third-order valence-corrected chi connectivity index (χ3v) is 3.00. The zero-order chi connectivity index (χ0) is 11.5. The summed E-state index contributed by atoms with van der Waals surface area (Å²) in [5.74, 6) is 0.125. The number of nitrogens with one attached hydrogen (secondary N) is 2. The van der Waals surface area contributed by atoms with Crippen molar-refractivity contribution in [3.05, 3.63) is 34.9 Å². The van der Waals surface area contributed by atoms with Crippen molar-refractivity contribution in [3.8, 4) is 0 Å². The van der Waals surface area contributed by atoms with Gasteiger partial charge in [-0.2, -0.15) is 0 Å². The summed E-state index contributed by atoms with van der Waals surface area (Å²) in [7, 11) is 0. The molecule has 1 aromatic carbocycles. The van der Waals surface area contributed by atoms with Crippen LogP contribution < -0.4 is 10.6 Å². The molecule has 0 aromatic heterocycles. The number of hydrogen-bond donors (Lipinski definition) is 2. The minimum absolute atomic E-state index is 0.125. The van der Waals surface area contributed by atoms with Gasteiger partial charge in [-0.25, -0.2) is 0 Å². The number of amides is 1. The van der Waals surface area contributed by atoms with Crippen molar-refractivity contribution in [1.82, 2.24) is 10.6 Å². The van der Waals surface area contributed by atoms with Gasteiger partial charge in [0.2, 0.25) is 5.91 Å². The molecule has 3 heteroatoms. The Kier molecular flexibility index (Phi) is 3.25. The lowest BCUT2D eigenvalue weighted by atomic mass is 10.0. The molecule has 0 spiro atoms. The van der Waals surface area contributed by atoms with Gasteiger partial charge < -0.3 is 10.6 Å². The summed E-state index contributed by atoms with van der Waals surface area (Å²) in [4.78, 5) is 11.7. The molecule has 0 aliphatic carbocycles. The first kappa shape index (κ1) is 11.1. The second-order valence-electron chi connectivity index (χ2n) is 4.53. The number of aryl methyl sites for hydroxylation is 2. The molecule has 3 nitrogen and oxygen atoms in total. The highest BCUT2D eigenvalue weighted by molar-refractivity contribution is 5.79. The zero-order valence-electron chi connectivity index (χ0n) is 9.84. The second-order valence-corrected chi connectivity index (χ2v) is 4.53. The van der Waals surface area contributed by atoms with Crippen molar-refractivity contribution in [2.24, 2.45) is 0 Å². The van der Waals surface area contributed by atoms with Crippen LogP contribution in [0, 0.1) is 13.8 Å². The van der Waals surface area contributed by atoms with E-state index in [0.29, 0.717) is 12.5 Å². The van der Waals surface area contributed by atoms with Crippen molar-refractivity contribution in [3.63, 3.8) is 0 Å². The van der Waals surface area contributed by atoms with Gasteiger partial charge in [-0.1, -0.05) is 23.8 Å². The van der Waals surface area contributed by atoms with E-state index in [9.17, 15) is 4.79 Å². The monoisotopic (exact) mass is 218 g/mol. The molecule has 16 heavy (non-hydrogen) atoms. The van der Waals surface area contributed by atoms with Crippen LogP contribution in [0.3, 0.4) is 0 Å². The molecule has 0 unspecified atom stereocenters. The summed E-state index contributed by atoms with van der Waals surface area (Å²) in [6.07, 6.45) is 0.490. The Morgan fingerprint density at radius 1 is 1.44 bits per heavy atom. The van der Waals surface area contributed by atoms with Crippen molar-refractivity contribution in [2.75, 3.05) is 13.1 Å². The highest BCUT2D eigenvalue weighted by Crippen LogP contribution is 2.11. The van der Waals surface area contributed by atoms with Crippen LogP contribution in [0.1, 0.15) is 16.7 Å². The summed E-state index contributed by atoms with van der Waals surface area (Å²) in [6, 6.07) is 6.57. The Morgan fingerprint density at radius 3 is 2.81 bits per heavy atom. The highest BCUT2D eigenvalue weighted by Gasteiger charge is 2.18. The van der Waals surface area contributed by atoms with Crippen molar-refractivity contribution >= 4 is 5.91 Å². The number of carbonyl (C=O) groups is 1. The Balaban J connectivity index is 1.96. The molecule has 0 atom stereocenters. The molecule has 0 saturated carbocycles. The SMILES string of the molecule is Cc1ccc(C)c(CC(=O)NC2CNC2)c1. The molecule has 1 amide bonds. The summed E-state index contributed by atoms with van der Waals surface area (Å²) in [6.45, 7) is 5.90. The Hall–Kier alpha value is -1.35. The van der Waals surface area contributed by atoms with Gasteiger partial charge in [0.1, 0.15) is 0 Å². The summed E-state index contributed by atoms with van der Waals surface area (Å²) >= 11 is 0. The third-order valence-electron chi connectivity index (χ3n) is 3.00. The van der Waals surface area contributed by atoms with Gasteiger partial charge >= 0.3 is 0 Å². The van der Waals surface area contributed by atoms with E-state index in [0.717, 1.165) is 18.7 Å². The standard InChI is InChI=1S/C13H18N2O/c1-9-3-4-10(2)11(5-9)6-13(16)15-12-7-14-8-12/h3-5,12,14H,6-8H2,1-2H3,(H,15,16). The van der Waals surface area contributed by atoms with Crippen molar-refractivity contribution < 1.29 is 4.79 Å². The molecule has 0 bridgehead atoms. The summed E-state index contributed by atoms with van der Waals surface area (Å²) < 4.78 is 0. The maximum Gasteiger partial charge on any atom is 0.224 e. The molecule has 1 aliphatic rings. The van der Waals surface area contributed by atoms with Crippen LogP contribution in [0.15, 0.2) is 18.2 Å². The van der Waals surface area contributed by atoms with E-state index >= 15 is 0 Å². The molecule has 2 rings (SSSR count). The van der Waals surface area contributed by atoms with Gasteiger partial charge in [0.05, 0.1) is 12.5 Å². The molecule has 2 N–H and O–H groups in total. The van der Waals surface area contributed by atoms with Crippen LogP contribution in [0.2, 0.25) is 0 Å². The first-order valence-electron chi connectivity index (χ1n) is 5.71. The largest absolute Gasteiger partial charge is 0.351 e. The van der Waals surface area contributed by atoms with Gasteiger partial charge in [0, 0.05) is 13.1 Å². The van der Waals surface area contributed by atoms with Gasteiger partial charge in [-0.3, -0.25) is 4.79 Å². The first-order chi connectivity index (χ1) is 7.65. The lowest BCUT2D eigenvalue weighted by Crippen LogP contribution is -2.57. The fraction of sp³-hybridized carbons (Fsp3) is 0.462. The zero-order valence-corrected chi connectivity index (χ0v) is 9.84. The van der Waals surface area contributed by atoms with Crippen LogP contribution in [-0.4, -0.2) is 25.0 Å². The van der Waals surface area contributed by atoms with Crippen LogP contribution in [0.4, 0.5) is 0 Å². The van der Waals surface area contributed by atoms with Crippen LogP contribution in [0.25, 0.3) is 0 Å². The number of rotatable bonds is 3. The lowest BCUT2D eigenvalue weighted by molar-refractivity contribution is -0.121. The molecule has 1 heterocycles.